The SMILES string of the molecule is C#CCN(Cc1cnc2cnccn12)[C@@H]1CCc2ccccc21. The molecule has 0 spiro atoms. The molecule has 114 valence electrons. The second-order valence-corrected chi connectivity index (χ2v) is 5.92. The molecule has 2 aromatic heterocycles. The van der Waals surface area contributed by atoms with E-state index in [4.69, 9.17) is 6.42 Å². The van der Waals surface area contributed by atoms with E-state index >= 15 is 0 Å². The molecule has 1 atom stereocenters. The third-order valence-electron chi connectivity index (χ3n) is 4.60. The van der Waals surface area contributed by atoms with Gasteiger partial charge in [-0.25, -0.2) is 4.98 Å². The Balaban J connectivity index is 1.66. The van der Waals surface area contributed by atoms with E-state index in [1.54, 1.807) is 12.4 Å². The number of terminal acetylenes is 1. The van der Waals surface area contributed by atoms with Crippen LogP contribution in [0.1, 0.15) is 29.3 Å². The first-order valence-corrected chi connectivity index (χ1v) is 7.88. The molecule has 0 aliphatic heterocycles. The van der Waals surface area contributed by atoms with Crippen LogP contribution in [0.5, 0.6) is 0 Å². The summed E-state index contributed by atoms with van der Waals surface area (Å²) in [5.41, 5.74) is 4.87. The van der Waals surface area contributed by atoms with E-state index in [-0.39, 0.29) is 0 Å². The predicted molar refractivity (Wildman–Crippen MR) is 89.7 cm³/mol. The summed E-state index contributed by atoms with van der Waals surface area (Å²) in [5.74, 6) is 2.82. The van der Waals surface area contributed by atoms with Crippen molar-refractivity contribution in [2.45, 2.75) is 25.4 Å². The summed E-state index contributed by atoms with van der Waals surface area (Å²) in [6.07, 6.45) is 15.3. The monoisotopic (exact) mass is 302 g/mol. The second kappa shape index (κ2) is 5.86. The first-order valence-electron chi connectivity index (χ1n) is 7.88. The molecule has 0 bridgehead atoms. The molecule has 1 aliphatic rings. The van der Waals surface area contributed by atoms with Gasteiger partial charge < -0.3 is 0 Å². The number of rotatable bonds is 4. The van der Waals surface area contributed by atoms with Gasteiger partial charge >= 0.3 is 0 Å². The lowest BCUT2D eigenvalue weighted by molar-refractivity contribution is 0.210. The van der Waals surface area contributed by atoms with Crippen LogP contribution in [0.25, 0.3) is 5.65 Å². The van der Waals surface area contributed by atoms with Crippen LogP contribution in [0.15, 0.2) is 49.1 Å². The molecule has 2 heterocycles. The topological polar surface area (TPSA) is 33.4 Å². The maximum Gasteiger partial charge on any atom is 0.155 e. The van der Waals surface area contributed by atoms with E-state index in [0.29, 0.717) is 12.6 Å². The zero-order valence-electron chi connectivity index (χ0n) is 12.9. The Labute approximate surface area is 135 Å². The van der Waals surface area contributed by atoms with Crippen molar-refractivity contribution < 1.29 is 0 Å². The Kier molecular flexibility index (Phi) is 3.57. The molecule has 23 heavy (non-hydrogen) atoms. The van der Waals surface area contributed by atoms with E-state index < -0.39 is 0 Å². The highest BCUT2D eigenvalue weighted by Crippen LogP contribution is 2.36. The lowest BCUT2D eigenvalue weighted by Crippen LogP contribution is -2.28. The van der Waals surface area contributed by atoms with E-state index in [1.165, 1.54) is 11.1 Å². The van der Waals surface area contributed by atoms with Gasteiger partial charge in [-0.1, -0.05) is 30.2 Å². The van der Waals surface area contributed by atoms with Crippen LogP contribution in [0.4, 0.5) is 0 Å². The quantitative estimate of drug-likeness (QED) is 0.695. The fourth-order valence-corrected chi connectivity index (χ4v) is 3.53. The standard InChI is InChI=1S/C19H18N4/c1-2-10-22(18-8-7-15-5-3-4-6-17(15)18)14-16-12-21-19-13-20-9-11-23(16)19/h1,3-6,9,11-13,18H,7-8,10,14H2/t18-/m1/s1. The summed E-state index contributed by atoms with van der Waals surface area (Å²) >= 11 is 0. The highest BCUT2D eigenvalue weighted by Gasteiger charge is 2.27. The van der Waals surface area contributed by atoms with Crippen molar-refractivity contribution >= 4 is 5.65 Å². The molecule has 1 aromatic carbocycles. The van der Waals surface area contributed by atoms with Gasteiger partial charge in [0.2, 0.25) is 0 Å². The van der Waals surface area contributed by atoms with Gasteiger partial charge in [0.05, 0.1) is 24.6 Å². The van der Waals surface area contributed by atoms with Crippen LogP contribution in [0.3, 0.4) is 0 Å². The number of imidazole rings is 1. The van der Waals surface area contributed by atoms with Crippen LogP contribution in [-0.2, 0) is 13.0 Å². The molecule has 0 saturated carbocycles. The molecule has 3 aromatic rings. The van der Waals surface area contributed by atoms with Crippen molar-refractivity contribution in [3.63, 3.8) is 0 Å². The molecule has 0 amide bonds. The van der Waals surface area contributed by atoms with E-state index in [1.807, 2.05) is 12.4 Å². The lowest BCUT2D eigenvalue weighted by Gasteiger charge is -2.27. The Morgan fingerprint density at radius 1 is 1.30 bits per heavy atom. The molecule has 1 aliphatic carbocycles. The second-order valence-electron chi connectivity index (χ2n) is 5.92. The molecular formula is C19H18N4. The van der Waals surface area contributed by atoms with E-state index in [9.17, 15) is 0 Å². The number of nitrogens with zero attached hydrogens (tertiary/aromatic N) is 4. The Hall–Kier alpha value is -2.64. The number of hydrogen-bond acceptors (Lipinski definition) is 3. The average molecular weight is 302 g/mol. The van der Waals surface area contributed by atoms with E-state index in [2.05, 4.69) is 49.5 Å². The van der Waals surface area contributed by atoms with Crippen LogP contribution in [-0.4, -0.2) is 25.8 Å². The molecule has 0 N–H and O–H groups in total. The fourth-order valence-electron chi connectivity index (χ4n) is 3.53. The number of aromatic nitrogens is 3. The largest absolute Gasteiger partial charge is 0.300 e. The van der Waals surface area contributed by atoms with Gasteiger partial charge in [0, 0.05) is 25.0 Å². The van der Waals surface area contributed by atoms with Crippen molar-refractivity contribution in [2.75, 3.05) is 6.54 Å². The Morgan fingerprint density at radius 3 is 3.13 bits per heavy atom. The first-order chi connectivity index (χ1) is 11.4. The van der Waals surface area contributed by atoms with Crippen molar-refractivity contribution in [1.82, 2.24) is 19.3 Å². The third-order valence-corrected chi connectivity index (χ3v) is 4.60. The van der Waals surface area contributed by atoms with Crippen molar-refractivity contribution in [2.24, 2.45) is 0 Å². The molecule has 4 nitrogen and oxygen atoms in total. The molecule has 0 radical (unpaired) electrons. The van der Waals surface area contributed by atoms with Gasteiger partial charge in [-0.2, -0.15) is 0 Å². The molecule has 4 heteroatoms. The zero-order valence-corrected chi connectivity index (χ0v) is 12.9. The van der Waals surface area contributed by atoms with Crippen LogP contribution < -0.4 is 0 Å². The molecule has 0 fully saturated rings. The highest BCUT2D eigenvalue weighted by molar-refractivity contribution is 5.37. The van der Waals surface area contributed by atoms with E-state index in [0.717, 1.165) is 30.7 Å². The predicted octanol–water partition coefficient (Wildman–Crippen LogP) is 2.85. The normalized spacial score (nSPS) is 16.6. The summed E-state index contributed by atoms with van der Waals surface area (Å²) in [7, 11) is 0. The lowest BCUT2D eigenvalue weighted by atomic mass is 10.1. The van der Waals surface area contributed by atoms with Gasteiger partial charge in [-0.05, 0) is 24.0 Å². The maximum absolute atomic E-state index is 5.63. The van der Waals surface area contributed by atoms with Crippen molar-refractivity contribution in [1.29, 1.82) is 0 Å². The third kappa shape index (κ3) is 2.49. The van der Waals surface area contributed by atoms with Gasteiger partial charge in [-0.3, -0.25) is 14.3 Å². The van der Waals surface area contributed by atoms with Crippen LogP contribution in [0.2, 0.25) is 0 Å². The summed E-state index contributed by atoms with van der Waals surface area (Å²) < 4.78 is 2.08. The van der Waals surface area contributed by atoms with Gasteiger partial charge in [-0.15, -0.1) is 6.42 Å². The zero-order chi connectivity index (χ0) is 15.6. The summed E-state index contributed by atoms with van der Waals surface area (Å²) in [6, 6.07) is 9.07. The minimum Gasteiger partial charge on any atom is -0.300 e. The summed E-state index contributed by atoms with van der Waals surface area (Å²) in [6.45, 7) is 1.42. The minimum atomic E-state index is 0.384. The fraction of sp³-hybridized carbons (Fsp3) is 0.263. The van der Waals surface area contributed by atoms with Gasteiger partial charge in [0.15, 0.2) is 5.65 Å². The molecular weight excluding hydrogens is 284 g/mol. The van der Waals surface area contributed by atoms with Crippen molar-refractivity contribution in [3.8, 4) is 12.3 Å². The average Bonchev–Trinajstić information content (AvgIpc) is 3.19. The van der Waals surface area contributed by atoms with Crippen LogP contribution >= 0.6 is 0 Å². The minimum absolute atomic E-state index is 0.384. The summed E-state index contributed by atoms with van der Waals surface area (Å²) in [4.78, 5) is 10.9. The van der Waals surface area contributed by atoms with Crippen molar-refractivity contribution in [3.05, 3.63) is 65.9 Å². The van der Waals surface area contributed by atoms with Crippen LogP contribution in [0, 0.1) is 12.3 Å². The molecule has 0 saturated heterocycles. The Bertz CT molecular complexity index is 874. The Morgan fingerprint density at radius 2 is 2.22 bits per heavy atom. The number of aryl methyl sites for hydroxylation is 1. The number of fused-ring (bicyclic) bond motifs is 2. The molecule has 0 unspecified atom stereocenters. The highest BCUT2D eigenvalue weighted by atomic mass is 15.2. The number of hydrogen-bond donors (Lipinski definition) is 0. The summed E-state index contributed by atoms with van der Waals surface area (Å²) in [5, 5.41) is 0. The molecule has 4 rings (SSSR count). The maximum atomic E-state index is 5.63. The first kappa shape index (κ1) is 14.0. The van der Waals surface area contributed by atoms with Gasteiger partial charge in [0.1, 0.15) is 0 Å². The van der Waals surface area contributed by atoms with Gasteiger partial charge in [0.25, 0.3) is 0 Å². The smallest absolute Gasteiger partial charge is 0.155 e. The number of benzene rings is 1.